The number of aliphatic hydroxyl groups is 1. The fourth-order valence-electron chi connectivity index (χ4n) is 2.44. The lowest BCUT2D eigenvalue weighted by Gasteiger charge is -2.34. The Balaban J connectivity index is 1.92. The van der Waals surface area contributed by atoms with Crippen molar-refractivity contribution in [3.63, 3.8) is 0 Å². The number of hydrogen-bond acceptors (Lipinski definition) is 2. The van der Waals surface area contributed by atoms with Crippen LogP contribution in [-0.4, -0.2) is 35.1 Å². The van der Waals surface area contributed by atoms with Gasteiger partial charge in [-0.25, -0.2) is 0 Å². The largest absolute Gasteiger partial charge is 0.393 e. The van der Waals surface area contributed by atoms with Gasteiger partial charge in [-0.05, 0) is 24.2 Å². The van der Waals surface area contributed by atoms with Gasteiger partial charge in [0.2, 0.25) is 5.91 Å². The SMILES string of the molecule is CC1CN(C(=O)C2CC2(C)C)CCC1O. The van der Waals surface area contributed by atoms with E-state index in [1.807, 2.05) is 11.8 Å². The molecule has 0 radical (unpaired) electrons. The Morgan fingerprint density at radius 2 is 2.07 bits per heavy atom. The maximum absolute atomic E-state index is 12.1. The number of likely N-dealkylation sites (tertiary alicyclic amines) is 1. The van der Waals surface area contributed by atoms with E-state index in [0.29, 0.717) is 5.91 Å². The van der Waals surface area contributed by atoms with E-state index >= 15 is 0 Å². The maximum atomic E-state index is 12.1. The van der Waals surface area contributed by atoms with E-state index in [1.54, 1.807) is 0 Å². The summed E-state index contributed by atoms with van der Waals surface area (Å²) in [7, 11) is 0. The second-order valence-electron chi connectivity index (χ2n) is 5.86. The molecule has 1 aliphatic carbocycles. The summed E-state index contributed by atoms with van der Waals surface area (Å²) in [6.07, 6.45) is 1.54. The molecule has 3 nitrogen and oxygen atoms in total. The molecule has 2 aliphatic rings. The highest BCUT2D eigenvalue weighted by Crippen LogP contribution is 2.52. The molecule has 0 aromatic carbocycles. The first kappa shape index (κ1) is 10.9. The summed E-state index contributed by atoms with van der Waals surface area (Å²) in [6.45, 7) is 7.78. The lowest BCUT2D eigenvalue weighted by molar-refractivity contribution is -0.136. The van der Waals surface area contributed by atoms with Crippen LogP contribution in [-0.2, 0) is 4.79 Å². The average Bonchev–Trinajstić information content (AvgIpc) is 2.79. The Bertz CT molecular complexity index is 275. The van der Waals surface area contributed by atoms with Crippen molar-refractivity contribution < 1.29 is 9.90 Å². The summed E-state index contributed by atoms with van der Waals surface area (Å²) in [5, 5.41) is 9.60. The Labute approximate surface area is 91.5 Å². The summed E-state index contributed by atoms with van der Waals surface area (Å²) < 4.78 is 0. The maximum Gasteiger partial charge on any atom is 0.226 e. The molecule has 0 aromatic heterocycles. The monoisotopic (exact) mass is 211 g/mol. The topological polar surface area (TPSA) is 40.5 Å². The third-order valence-corrected chi connectivity index (χ3v) is 3.98. The predicted octanol–water partition coefficient (Wildman–Crippen LogP) is 1.26. The zero-order valence-corrected chi connectivity index (χ0v) is 9.86. The lowest BCUT2D eigenvalue weighted by Crippen LogP contribution is -2.45. The molecule has 0 bridgehead atoms. The van der Waals surface area contributed by atoms with Gasteiger partial charge < -0.3 is 10.0 Å². The van der Waals surface area contributed by atoms with Crippen molar-refractivity contribution in [3.05, 3.63) is 0 Å². The molecule has 1 saturated carbocycles. The fourth-order valence-corrected chi connectivity index (χ4v) is 2.44. The van der Waals surface area contributed by atoms with Crippen molar-refractivity contribution in [2.75, 3.05) is 13.1 Å². The summed E-state index contributed by atoms with van der Waals surface area (Å²) in [5.74, 6) is 0.767. The summed E-state index contributed by atoms with van der Waals surface area (Å²) in [4.78, 5) is 14.0. The molecular weight excluding hydrogens is 190 g/mol. The number of amides is 1. The molecule has 3 unspecified atom stereocenters. The van der Waals surface area contributed by atoms with E-state index in [4.69, 9.17) is 0 Å². The molecule has 1 aliphatic heterocycles. The molecule has 2 fully saturated rings. The van der Waals surface area contributed by atoms with Gasteiger partial charge in [0.05, 0.1) is 6.10 Å². The normalized spacial score (nSPS) is 38.9. The molecule has 0 aromatic rings. The van der Waals surface area contributed by atoms with Gasteiger partial charge in [-0.15, -0.1) is 0 Å². The van der Waals surface area contributed by atoms with Gasteiger partial charge in [-0.3, -0.25) is 4.79 Å². The highest BCUT2D eigenvalue weighted by molar-refractivity contribution is 5.82. The Morgan fingerprint density at radius 3 is 2.53 bits per heavy atom. The number of carbonyl (C=O) groups excluding carboxylic acids is 1. The molecule has 1 saturated heterocycles. The van der Waals surface area contributed by atoms with Crippen LogP contribution < -0.4 is 0 Å². The Hall–Kier alpha value is -0.570. The highest BCUT2D eigenvalue weighted by Gasteiger charge is 2.52. The molecule has 2 rings (SSSR count). The lowest BCUT2D eigenvalue weighted by atomic mass is 9.96. The molecule has 1 amide bonds. The minimum absolute atomic E-state index is 0.219. The van der Waals surface area contributed by atoms with Gasteiger partial charge in [0, 0.05) is 19.0 Å². The second-order valence-corrected chi connectivity index (χ2v) is 5.86. The number of nitrogens with zero attached hydrogens (tertiary/aromatic N) is 1. The van der Waals surface area contributed by atoms with Crippen LogP contribution in [0.1, 0.15) is 33.6 Å². The fraction of sp³-hybridized carbons (Fsp3) is 0.917. The number of aliphatic hydroxyl groups excluding tert-OH is 1. The average molecular weight is 211 g/mol. The highest BCUT2D eigenvalue weighted by atomic mass is 16.3. The minimum atomic E-state index is -0.221. The van der Waals surface area contributed by atoms with Crippen molar-refractivity contribution in [1.29, 1.82) is 0 Å². The van der Waals surface area contributed by atoms with E-state index in [2.05, 4.69) is 13.8 Å². The first-order valence-corrected chi connectivity index (χ1v) is 5.88. The Morgan fingerprint density at radius 1 is 1.47 bits per heavy atom. The Kier molecular flexibility index (Phi) is 2.53. The third-order valence-electron chi connectivity index (χ3n) is 3.98. The first-order valence-electron chi connectivity index (χ1n) is 5.88. The van der Waals surface area contributed by atoms with Crippen LogP contribution in [0.15, 0.2) is 0 Å². The van der Waals surface area contributed by atoms with Crippen LogP contribution in [0.3, 0.4) is 0 Å². The smallest absolute Gasteiger partial charge is 0.226 e. The van der Waals surface area contributed by atoms with Gasteiger partial charge in [0.25, 0.3) is 0 Å². The van der Waals surface area contributed by atoms with Crippen molar-refractivity contribution >= 4 is 5.91 Å². The van der Waals surface area contributed by atoms with Crippen LogP contribution in [0.25, 0.3) is 0 Å². The van der Waals surface area contributed by atoms with Gasteiger partial charge >= 0.3 is 0 Å². The van der Waals surface area contributed by atoms with Gasteiger partial charge in [0.1, 0.15) is 0 Å². The molecule has 1 N–H and O–H groups in total. The zero-order valence-electron chi connectivity index (χ0n) is 9.86. The number of rotatable bonds is 1. The van der Waals surface area contributed by atoms with Crippen molar-refractivity contribution in [2.24, 2.45) is 17.3 Å². The van der Waals surface area contributed by atoms with Crippen LogP contribution in [0, 0.1) is 17.3 Å². The van der Waals surface area contributed by atoms with E-state index in [1.165, 1.54) is 0 Å². The van der Waals surface area contributed by atoms with Crippen molar-refractivity contribution in [1.82, 2.24) is 4.90 Å². The van der Waals surface area contributed by atoms with Crippen LogP contribution in [0.4, 0.5) is 0 Å². The predicted molar refractivity (Wildman–Crippen MR) is 58.3 cm³/mol. The number of piperidine rings is 1. The van der Waals surface area contributed by atoms with E-state index in [9.17, 15) is 9.90 Å². The third kappa shape index (κ3) is 2.03. The van der Waals surface area contributed by atoms with Gasteiger partial charge in [-0.1, -0.05) is 20.8 Å². The quantitative estimate of drug-likeness (QED) is 0.709. The van der Waals surface area contributed by atoms with E-state index in [0.717, 1.165) is 25.9 Å². The molecule has 15 heavy (non-hydrogen) atoms. The minimum Gasteiger partial charge on any atom is -0.393 e. The van der Waals surface area contributed by atoms with Crippen molar-refractivity contribution in [3.8, 4) is 0 Å². The molecule has 0 spiro atoms. The van der Waals surface area contributed by atoms with E-state index < -0.39 is 0 Å². The van der Waals surface area contributed by atoms with Crippen LogP contribution >= 0.6 is 0 Å². The van der Waals surface area contributed by atoms with Gasteiger partial charge in [-0.2, -0.15) is 0 Å². The number of carbonyl (C=O) groups is 1. The zero-order chi connectivity index (χ0) is 11.2. The van der Waals surface area contributed by atoms with Crippen molar-refractivity contribution in [2.45, 2.75) is 39.7 Å². The summed E-state index contributed by atoms with van der Waals surface area (Å²) >= 11 is 0. The molecule has 86 valence electrons. The van der Waals surface area contributed by atoms with Crippen LogP contribution in [0.2, 0.25) is 0 Å². The van der Waals surface area contributed by atoms with Crippen LogP contribution in [0.5, 0.6) is 0 Å². The second kappa shape index (κ2) is 3.48. The summed E-state index contributed by atoms with van der Waals surface area (Å²) in [5.41, 5.74) is 0.219. The standard InChI is InChI=1S/C12H21NO2/c1-8-7-13(5-4-10(8)14)11(15)9-6-12(9,2)3/h8-10,14H,4-7H2,1-3H3. The van der Waals surface area contributed by atoms with E-state index in [-0.39, 0.29) is 23.4 Å². The molecule has 3 heteroatoms. The summed E-state index contributed by atoms with van der Waals surface area (Å²) in [6, 6.07) is 0. The van der Waals surface area contributed by atoms with Gasteiger partial charge in [0.15, 0.2) is 0 Å². The number of hydrogen-bond donors (Lipinski definition) is 1. The molecule has 1 heterocycles. The molecule has 3 atom stereocenters. The molecular formula is C12H21NO2. The first-order chi connectivity index (χ1) is 6.92.